The molecule has 0 amide bonds. The summed E-state index contributed by atoms with van der Waals surface area (Å²) in [6.07, 6.45) is 4.74. The molecule has 1 nitrogen and oxygen atoms in total. The summed E-state index contributed by atoms with van der Waals surface area (Å²) in [4.78, 5) is 0. The van der Waals surface area contributed by atoms with Gasteiger partial charge in [-0.25, -0.2) is 4.39 Å². The number of phenols is 1. The Hall–Kier alpha value is -1.05. The monoisotopic (exact) mass is 208 g/mol. The van der Waals surface area contributed by atoms with Crippen molar-refractivity contribution < 1.29 is 9.50 Å². The van der Waals surface area contributed by atoms with Gasteiger partial charge in [0.15, 0.2) is 0 Å². The van der Waals surface area contributed by atoms with E-state index in [2.05, 4.69) is 0 Å². The van der Waals surface area contributed by atoms with E-state index in [4.69, 9.17) is 0 Å². The molecular weight excluding hydrogens is 191 g/mol. The van der Waals surface area contributed by atoms with Gasteiger partial charge in [-0.15, -0.1) is 0 Å². The first-order valence-corrected chi connectivity index (χ1v) is 5.65. The zero-order valence-corrected chi connectivity index (χ0v) is 8.88. The molecule has 1 fully saturated rings. The van der Waals surface area contributed by atoms with Crippen molar-refractivity contribution in [3.8, 4) is 5.75 Å². The number of benzene rings is 1. The van der Waals surface area contributed by atoms with Gasteiger partial charge in [-0.3, -0.25) is 0 Å². The SMILES string of the molecule is Oc1ccccc1CC1(F)CCCCC1. The summed E-state index contributed by atoms with van der Waals surface area (Å²) in [6, 6.07) is 7.05. The highest BCUT2D eigenvalue weighted by Gasteiger charge is 2.32. The normalized spacial score (nSPS) is 20.1. The largest absolute Gasteiger partial charge is 0.508 e. The fourth-order valence-electron chi connectivity index (χ4n) is 2.36. The van der Waals surface area contributed by atoms with Crippen molar-refractivity contribution in [1.82, 2.24) is 0 Å². The second-order valence-electron chi connectivity index (χ2n) is 4.52. The molecule has 0 saturated heterocycles. The van der Waals surface area contributed by atoms with Gasteiger partial charge in [-0.05, 0) is 24.5 Å². The van der Waals surface area contributed by atoms with Crippen molar-refractivity contribution in [2.45, 2.75) is 44.2 Å². The molecule has 1 aliphatic rings. The molecule has 1 aromatic rings. The van der Waals surface area contributed by atoms with E-state index in [0.29, 0.717) is 19.3 Å². The van der Waals surface area contributed by atoms with Gasteiger partial charge in [-0.2, -0.15) is 0 Å². The molecular formula is C13H17FO. The predicted molar refractivity (Wildman–Crippen MR) is 58.7 cm³/mol. The Balaban J connectivity index is 2.10. The quantitative estimate of drug-likeness (QED) is 0.787. The van der Waals surface area contributed by atoms with Crippen LogP contribution >= 0.6 is 0 Å². The van der Waals surface area contributed by atoms with Gasteiger partial charge < -0.3 is 5.11 Å². The number of rotatable bonds is 2. The van der Waals surface area contributed by atoms with Crippen LogP contribution in [0.4, 0.5) is 4.39 Å². The van der Waals surface area contributed by atoms with E-state index in [1.165, 1.54) is 0 Å². The molecule has 0 heterocycles. The Morgan fingerprint density at radius 1 is 1.13 bits per heavy atom. The lowest BCUT2D eigenvalue weighted by Crippen LogP contribution is -2.28. The van der Waals surface area contributed by atoms with Crippen LogP contribution in [0.2, 0.25) is 0 Å². The van der Waals surface area contributed by atoms with Crippen molar-refractivity contribution in [3.05, 3.63) is 29.8 Å². The van der Waals surface area contributed by atoms with E-state index < -0.39 is 5.67 Å². The molecule has 0 bridgehead atoms. The van der Waals surface area contributed by atoms with Gasteiger partial charge in [-0.1, -0.05) is 37.5 Å². The molecule has 1 saturated carbocycles. The van der Waals surface area contributed by atoms with E-state index in [0.717, 1.165) is 24.8 Å². The van der Waals surface area contributed by atoms with Gasteiger partial charge >= 0.3 is 0 Å². The van der Waals surface area contributed by atoms with Crippen LogP contribution in [0.25, 0.3) is 0 Å². The van der Waals surface area contributed by atoms with Crippen LogP contribution in [0.15, 0.2) is 24.3 Å². The van der Waals surface area contributed by atoms with Crippen LogP contribution in [-0.4, -0.2) is 10.8 Å². The summed E-state index contributed by atoms with van der Waals surface area (Å²) in [5, 5.41) is 9.59. The number of halogens is 1. The maximum Gasteiger partial charge on any atom is 0.118 e. The van der Waals surface area contributed by atoms with E-state index in [9.17, 15) is 9.50 Å². The first-order chi connectivity index (χ1) is 7.20. The molecule has 0 spiro atoms. The molecule has 1 N–H and O–H groups in total. The summed E-state index contributed by atoms with van der Waals surface area (Å²) < 4.78 is 14.3. The van der Waals surface area contributed by atoms with Crippen molar-refractivity contribution in [1.29, 1.82) is 0 Å². The number of aromatic hydroxyl groups is 1. The predicted octanol–water partition coefficient (Wildman–Crippen LogP) is 3.61. The first-order valence-electron chi connectivity index (χ1n) is 5.65. The minimum absolute atomic E-state index is 0.222. The van der Waals surface area contributed by atoms with Crippen LogP contribution in [0.3, 0.4) is 0 Å². The maximum atomic E-state index is 14.3. The lowest BCUT2D eigenvalue weighted by molar-refractivity contribution is 0.106. The molecule has 0 aromatic heterocycles. The third kappa shape index (κ3) is 2.49. The summed E-state index contributed by atoms with van der Waals surface area (Å²) in [5.74, 6) is 0.222. The minimum atomic E-state index is -1.09. The highest BCUT2D eigenvalue weighted by atomic mass is 19.1. The Labute approximate surface area is 89.9 Å². The fourth-order valence-corrected chi connectivity index (χ4v) is 2.36. The minimum Gasteiger partial charge on any atom is -0.508 e. The Bertz CT molecular complexity index is 329. The molecule has 0 aliphatic heterocycles. The number of hydrogen-bond acceptors (Lipinski definition) is 1. The van der Waals surface area contributed by atoms with Gasteiger partial charge in [0.25, 0.3) is 0 Å². The van der Waals surface area contributed by atoms with E-state index in [1.54, 1.807) is 12.1 Å². The molecule has 0 unspecified atom stereocenters. The lowest BCUT2D eigenvalue weighted by atomic mass is 9.82. The Morgan fingerprint density at radius 3 is 2.47 bits per heavy atom. The Morgan fingerprint density at radius 2 is 1.80 bits per heavy atom. The molecule has 0 atom stereocenters. The summed E-state index contributed by atoms with van der Waals surface area (Å²) in [5.41, 5.74) is -0.348. The van der Waals surface area contributed by atoms with Crippen molar-refractivity contribution in [3.63, 3.8) is 0 Å². The van der Waals surface area contributed by atoms with Crippen LogP contribution in [0.1, 0.15) is 37.7 Å². The second-order valence-corrected chi connectivity index (χ2v) is 4.52. The van der Waals surface area contributed by atoms with Crippen molar-refractivity contribution in [2.24, 2.45) is 0 Å². The smallest absolute Gasteiger partial charge is 0.118 e. The van der Waals surface area contributed by atoms with E-state index in [1.807, 2.05) is 12.1 Å². The van der Waals surface area contributed by atoms with Gasteiger partial charge in [0, 0.05) is 6.42 Å². The van der Waals surface area contributed by atoms with E-state index >= 15 is 0 Å². The Kier molecular flexibility index (Phi) is 2.94. The molecule has 15 heavy (non-hydrogen) atoms. The number of phenolic OH excluding ortho intramolecular Hbond substituents is 1. The molecule has 1 aliphatic carbocycles. The highest BCUT2D eigenvalue weighted by molar-refractivity contribution is 5.33. The average molecular weight is 208 g/mol. The van der Waals surface area contributed by atoms with Crippen LogP contribution in [0.5, 0.6) is 5.75 Å². The number of alkyl halides is 1. The number of para-hydroxylation sites is 1. The third-order valence-electron chi connectivity index (χ3n) is 3.25. The van der Waals surface area contributed by atoms with Crippen molar-refractivity contribution >= 4 is 0 Å². The fraction of sp³-hybridized carbons (Fsp3) is 0.538. The van der Waals surface area contributed by atoms with Crippen LogP contribution < -0.4 is 0 Å². The maximum absolute atomic E-state index is 14.3. The standard InChI is InChI=1S/C13H17FO/c14-13(8-4-1-5-9-13)10-11-6-2-3-7-12(11)15/h2-3,6-7,15H,1,4-5,8-10H2. The zero-order chi connectivity index (χ0) is 10.7. The summed E-state index contributed by atoms with van der Waals surface area (Å²) in [7, 11) is 0. The molecule has 1 aromatic carbocycles. The van der Waals surface area contributed by atoms with Crippen LogP contribution in [-0.2, 0) is 6.42 Å². The molecule has 2 heteroatoms. The van der Waals surface area contributed by atoms with Gasteiger partial charge in [0.2, 0.25) is 0 Å². The van der Waals surface area contributed by atoms with E-state index in [-0.39, 0.29) is 5.75 Å². The van der Waals surface area contributed by atoms with Crippen LogP contribution in [0, 0.1) is 0 Å². The van der Waals surface area contributed by atoms with Gasteiger partial charge in [0.05, 0.1) is 0 Å². The van der Waals surface area contributed by atoms with Crippen molar-refractivity contribution in [2.75, 3.05) is 0 Å². The third-order valence-corrected chi connectivity index (χ3v) is 3.25. The average Bonchev–Trinajstić information content (AvgIpc) is 2.22. The molecule has 0 radical (unpaired) electrons. The highest BCUT2D eigenvalue weighted by Crippen LogP contribution is 2.36. The topological polar surface area (TPSA) is 20.2 Å². The lowest BCUT2D eigenvalue weighted by Gasteiger charge is -2.29. The summed E-state index contributed by atoms with van der Waals surface area (Å²) in [6.45, 7) is 0. The summed E-state index contributed by atoms with van der Waals surface area (Å²) >= 11 is 0. The first kappa shape index (κ1) is 10.5. The number of hydrogen-bond donors (Lipinski definition) is 1. The molecule has 2 rings (SSSR count). The molecule has 82 valence electrons. The second kappa shape index (κ2) is 4.21. The van der Waals surface area contributed by atoms with Gasteiger partial charge in [0.1, 0.15) is 11.4 Å². The zero-order valence-electron chi connectivity index (χ0n) is 8.88.